The van der Waals surface area contributed by atoms with Crippen molar-refractivity contribution in [1.29, 1.82) is 0 Å². The van der Waals surface area contributed by atoms with E-state index in [1.807, 2.05) is 30.0 Å². The van der Waals surface area contributed by atoms with Crippen LogP contribution in [-0.4, -0.2) is 51.6 Å². The maximum atomic E-state index is 4.80. The van der Waals surface area contributed by atoms with Crippen LogP contribution in [0.5, 0.6) is 0 Å². The van der Waals surface area contributed by atoms with Gasteiger partial charge in [-0.15, -0.1) is 24.0 Å². The first-order valence-electron chi connectivity index (χ1n) is 11.5. The topological polar surface area (TPSA) is 70.4 Å². The van der Waals surface area contributed by atoms with Gasteiger partial charge in [-0.1, -0.05) is 36.4 Å². The first kappa shape index (κ1) is 25.2. The van der Waals surface area contributed by atoms with Crippen molar-refractivity contribution in [3.05, 3.63) is 78.0 Å². The zero-order valence-corrected chi connectivity index (χ0v) is 21.8. The smallest absolute Gasteiger partial charge is 0.191 e. The third-order valence-corrected chi connectivity index (χ3v) is 5.87. The van der Waals surface area contributed by atoms with Gasteiger partial charge in [0.25, 0.3) is 0 Å². The van der Waals surface area contributed by atoms with Crippen molar-refractivity contribution in [2.75, 3.05) is 26.2 Å². The molecule has 0 spiro atoms. The van der Waals surface area contributed by atoms with Crippen LogP contribution < -0.4 is 10.6 Å². The number of rotatable bonds is 8. The maximum Gasteiger partial charge on any atom is 0.191 e. The SMILES string of the molecule is CCNC(=NCc1ccc(-n2ccnc2C)nc1)NCC(c1ccccc1)N1CCCC1.I. The second-order valence-corrected chi connectivity index (χ2v) is 8.11. The van der Waals surface area contributed by atoms with Crippen LogP contribution in [0, 0.1) is 6.92 Å². The number of imidazole rings is 1. The fourth-order valence-corrected chi connectivity index (χ4v) is 4.16. The van der Waals surface area contributed by atoms with Crippen LogP contribution in [0.1, 0.15) is 42.8 Å². The Balaban J connectivity index is 0.00000306. The molecule has 0 saturated carbocycles. The van der Waals surface area contributed by atoms with Crippen LogP contribution in [0.25, 0.3) is 5.82 Å². The van der Waals surface area contributed by atoms with Gasteiger partial charge in [-0.25, -0.2) is 15.0 Å². The standard InChI is InChI=1S/C25H33N7.HI/c1-3-26-25(29-18-21-11-12-24(28-17-21)32-16-13-27-20(32)2)30-19-23(31-14-7-8-15-31)22-9-5-4-6-10-22;/h4-6,9-13,16-17,23H,3,7-8,14-15,18-19H2,1-2H3,(H2,26,29,30);1H. The number of benzene rings is 1. The van der Waals surface area contributed by atoms with Gasteiger partial charge in [0, 0.05) is 31.7 Å². The number of aromatic nitrogens is 3. The fourth-order valence-electron chi connectivity index (χ4n) is 4.16. The molecule has 4 rings (SSSR count). The lowest BCUT2D eigenvalue weighted by atomic mass is 10.1. The van der Waals surface area contributed by atoms with Crippen LogP contribution in [0.15, 0.2) is 66.0 Å². The number of aryl methyl sites for hydroxylation is 1. The lowest BCUT2D eigenvalue weighted by Crippen LogP contribution is -2.42. The highest BCUT2D eigenvalue weighted by molar-refractivity contribution is 14.0. The summed E-state index contributed by atoms with van der Waals surface area (Å²) in [7, 11) is 0. The second kappa shape index (κ2) is 12.7. The zero-order valence-electron chi connectivity index (χ0n) is 19.4. The van der Waals surface area contributed by atoms with Crippen LogP contribution in [0.4, 0.5) is 0 Å². The molecule has 1 unspecified atom stereocenters. The average Bonchev–Trinajstić information content (AvgIpc) is 3.51. The minimum absolute atomic E-state index is 0. The van der Waals surface area contributed by atoms with Gasteiger partial charge < -0.3 is 10.6 Å². The van der Waals surface area contributed by atoms with E-state index < -0.39 is 0 Å². The van der Waals surface area contributed by atoms with Crippen molar-refractivity contribution in [2.45, 2.75) is 39.3 Å². The summed E-state index contributed by atoms with van der Waals surface area (Å²) in [6, 6.07) is 15.2. The first-order valence-corrected chi connectivity index (χ1v) is 11.5. The highest BCUT2D eigenvalue weighted by Crippen LogP contribution is 2.24. The number of halogens is 1. The van der Waals surface area contributed by atoms with Crippen LogP contribution >= 0.6 is 24.0 Å². The van der Waals surface area contributed by atoms with E-state index >= 15 is 0 Å². The molecule has 2 N–H and O–H groups in total. The van der Waals surface area contributed by atoms with Crippen molar-refractivity contribution in [3.63, 3.8) is 0 Å². The second-order valence-electron chi connectivity index (χ2n) is 8.11. The predicted octanol–water partition coefficient (Wildman–Crippen LogP) is 4.09. The van der Waals surface area contributed by atoms with E-state index in [9.17, 15) is 0 Å². The summed E-state index contributed by atoms with van der Waals surface area (Å²) in [5.41, 5.74) is 2.43. The van der Waals surface area contributed by atoms with E-state index in [-0.39, 0.29) is 24.0 Å². The van der Waals surface area contributed by atoms with Gasteiger partial charge in [-0.3, -0.25) is 9.47 Å². The van der Waals surface area contributed by atoms with Gasteiger partial charge in [0.15, 0.2) is 5.96 Å². The van der Waals surface area contributed by atoms with Crippen molar-refractivity contribution < 1.29 is 0 Å². The van der Waals surface area contributed by atoms with Crippen molar-refractivity contribution in [2.24, 2.45) is 4.99 Å². The predicted molar refractivity (Wildman–Crippen MR) is 144 cm³/mol. The van der Waals surface area contributed by atoms with Crippen LogP contribution in [0.3, 0.4) is 0 Å². The molecule has 3 aromatic rings. The molecule has 2 aromatic heterocycles. The number of aliphatic imine (C=N–C) groups is 1. The lowest BCUT2D eigenvalue weighted by molar-refractivity contribution is 0.245. The molecule has 0 amide bonds. The summed E-state index contributed by atoms with van der Waals surface area (Å²) in [5.74, 6) is 2.63. The number of guanidine groups is 1. The normalized spacial score (nSPS) is 15.2. The van der Waals surface area contributed by atoms with Gasteiger partial charge in [0.2, 0.25) is 0 Å². The van der Waals surface area contributed by atoms with Gasteiger partial charge in [-0.05, 0) is 57.0 Å². The number of nitrogens with one attached hydrogen (secondary N) is 2. The van der Waals surface area contributed by atoms with Crippen molar-refractivity contribution >= 4 is 29.9 Å². The molecule has 1 aliphatic rings. The summed E-state index contributed by atoms with van der Waals surface area (Å²) in [5, 5.41) is 6.95. The number of hydrogen-bond donors (Lipinski definition) is 2. The molecule has 0 aliphatic carbocycles. The molecule has 0 radical (unpaired) electrons. The van der Waals surface area contributed by atoms with Crippen molar-refractivity contribution in [3.8, 4) is 5.82 Å². The van der Waals surface area contributed by atoms with E-state index in [1.54, 1.807) is 6.20 Å². The largest absolute Gasteiger partial charge is 0.357 e. The summed E-state index contributed by atoms with van der Waals surface area (Å²) < 4.78 is 1.97. The molecule has 8 heteroatoms. The highest BCUT2D eigenvalue weighted by Gasteiger charge is 2.23. The van der Waals surface area contributed by atoms with Gasteiger partial charge in [-0.2, -0.15) is 0 Å². The molecule has 176 valence electrons. The van der Waals surface area contributed by atoms with E-state index in [0.717, 1.165) is 49.3 Å². The molecule has 33 heavy (non-hydrogen) atoms. The molecule has 0 bridgehead atoms. The van der Waals surface area contributed by atoms with Crippen molar-refractivity contribution in [1.82, 2.24) is 30.1 Å². The quantitative estimate of drug-likeness (QED) is 0.247. The Kier molecular flexibility index (Phi) is 9.68. The number of likely N-dealkylation sites (tertiary alicyclic amines) is 1. The molecule has 1 aromatic carbocycles. The van der Waals surface area contributed by atoms with Gasteiger partial charge in [0.05, 0.1) is 12.6 Å². The van der Waals surface area contributed by atoms with Crippen LogP contribution in [-0.2, 0) is 6.54 Å². The summed E-state index contributed by atoms with van der Waals surface area (Å²) in [4.78, 5) is 16.2. The Morgan fingerprint density at radius 1 is 1.06 bits per heavy atom. The average molecular weight is 560 g/mol. The number of nitrogens with zero attached hydrogens (tertiary/aromatic N) is 5. The first-order chi connectivity index (χ1) is 15.7. The summed E-state index contributed by atoms with van der Waals surface area (Å²) in [6.07, 6.45) is 8.15. The Labute approximate surface area is 213 Å². The third-order valence-electron chi connectivity index (χ3n) is 5.87. The molecular weight excluding hydrogens is 525 g/mol. The summed E-state index contributed by atoms with van der Waals surface area (Å²) in [6.45, 7) is 8.60. The molecule has 3 heterocycles. The third kappa shape index (κ3) is 6.77. The number of pyridine rings is 1. The summed E-state index contributed by atoms with van der Waals surface area (Å²) >= 11 is 0. The maximum absolute atomic E-state index is 4.80. The van der Waals surface area contributed by atoms with E-state index in [1.165, 1.54) is 18.4 Å². The van der Waals surface area contributed by atoms with Gasteiger partial charge >= 0.3 is 0 Å². The molecule has 1 saturated heterocycles. The van der Waals surface area contributed by atoms with Gasteiger partial charge in [0.1, 0.15) is 11.6 Å². The number of hydrogen-bond acceptors (Lipinski definition) is 4. The molecule has 1 fully saturated rings. The molecule has 7 nitrogen and oxygen atoms in total. The molecule has 1 aliphatic heterocycles. The van der Waals surface area contributed by atoms with E-state index in [4.69, 9.17) is 4.99 Å². The van der Waals surface area contributed by atoms with Crippen LogP contribution in [0.2, 0.25) is 0 Å². The monoisotopic (exact) mass is 559 g/mol. The lowest BCUT2D eigenvalue weighted by Gasteiger charge is -2.29. The Morgan fingerprint density at radius 2 is 1.85 bits per heavy atom. The minimum atomic E-state index is 0. The molecular formula is C25H34IN7. The fraction of sp³-hybridized carbons (Fsp3) is 0.400. The Hall–Kier alpha value is -2.46. The zero-order chi connectivity index (χ0) is 22.2. The Bertz CT molecular complexity index is 995. The Morgan fingerprint density at radius 3 is 2.48 bits per heavy atom. The molecule has 1 atom stereocenters. The van der Waals surface area contributed by atoms with E-state index in [2.05, 4.69) is 68.8 Å². The minimum Gasteiger partial charge on any atom is -0.357 e. The van der Waals surface area contributed by atoms with E-state index in [0.29, 0.717) is 12.6 Å². The highest BCUT2D eigenvalue weighted by atomic mass is 127.